The van der Waals surface area contributed by atoms with Crippen molar-refractivity contribution in [1.29, 1.82) is 0 Å². The molecule has 0 spiro atoms. The molecule has 2 heterocycles. The van der Waals surface area contributed by atoms with Crippen molar-refractivity contribution < 1.29 is 14.0 Å². The molecule has 1 aromatic carbocycles. The average molecular weight is 363 g/mol. The molecule has 1 aromatic heterocycles. The Morgan fingerprint density at radius 3 is 2.44 bits per heavy atom. The van der Waals surface area contributed by atoms with Gasteiger partial charge in [0.05, 0.1) is 5.69 Å². The SMILES string of the molecule is CCc1nnsc1C(=O)N1CCN(C(=O)Nc2ccc(F)cc2)CC1. The average Bonchev–Trinajstić information content (AvgIpc) is 3.12. The number of nitrogens with zero attached hydrogens (tertiary/aromatic N) is 4. The first-order valence-electron chi connectivity index (χ1n) is 8.00. The van der Waals surface area contributed by atoms with Crippen LogP contribution in [-0.4, -0.2) is 57.5 Å². The number of carbonyl (C=O) groups is 2. The predicted octanol–water partition coefficient (Wildman–Crippen LogP) is 2.23. The van der Waals surface area contributed by atoms with Crippen molar-refractivity contribution in [3.8, 4) is 0 Å². The normalized spacial score (nSPS) is 14.5. The van der Waals surface area contributed by atoms with Crippen LogP contribution in [0.3, 0.4) is 0 Å². The summed E-state index contributed by atoms with van der Waals surface area (Å²) in [6.45, 7) is 3.72. The molecule has 1 N–H and O–H groups in total. The van der Waals surface area contributed by atoms with Crippen molar-refractivity contribution in [1.82, 2.24) is 19.4 Å². The van der Waals surface area contributed by atoms with Crippen LogP contribution in [0.25, 0.3) is 0 Å². The number of carbonyl (C=O) groups excluding carboxylic acids is 2. The molecule has 7 nitrogen and oxygen atoms in total. The van der Waals surface area contributed by atoms with Crippen LogP contribution in [-0.2, 0) is 6.42 Å². The number of nitrogens with one attached hydrogen (secondary N) is 1. The van der Waals surface area contributed by atoms with E-state index in [1.165, 1.54) is 24.3 Å². The highest BCUT2D eigenvalue weighted by atomic mass is 32.1. The van der Waals surface area contributed by atoms with E-state index in [1.54, 1.807) is 9.80 Å². The minimum atomic E-state index is -0.353. The van der Waals surface area contributed by atoms with Crippen LogP contribution < -0.4 is 5.32 Å². The van der Waals surface area contributed by atoms with E-state index in [4.69, 9.17) is 0 Å². The largest absolute Gasteiger partial charge is 0.334 e. The second-order valence-corrected chi connectivity index (χ2v) is 6.37. The van der Waals surface area contributed by atoms with Crippen molar-refractivity contribution in [3.05, 3.63) is 40.7 Å². The highest BCUT2D eigenvalue weighted by Gasteiger charge is 2.27. The molecule has 1 aliphatic rings. The van der Waals surface area contributed by atoms with Crippen molar-refractivity contribution in [2.75, 3.05) is 31.5 Å². The Labute approximate surface area is 148 Å². The fourth-order valence-corrected chi connectivity index (χ4v) is 3.31. The zero-order chi connectivity index (χ0) is 17.8. The van der Waals surface area contributed by atoms with Gasteiger partial charge in [0, 0.05) is 31.9 Å². The van der Waals surface area contributed by atoms with Crippen molar-refractivity contribution >= 4 is 29.2 Å². The Balaban J connectivity index is 1.55. The first-order valence-corrected chi connectivity index (χ1v) is 8.78. The number of aromatic nitrogens is 2. The summed E-state index contributed by atoms with van der Waals surface area (Å²) in [6, 6.07) is 5.35. The first kappa shape index (κ1) is 17.3. The number of rotatable bonds is 3. The minimum Gasteiger partial charge on any atom is -0.334 e. The van der Waals surface area contributed by atoms with Gasteiger partial charge in [0.25, 0.3) is 5.91 Å². The number of amides is 3. The van der Waals surface area contributed by atoms with Crippen LogP contribution in [0.1, 0.15) is 22.3 Å². The van der Waals surface area contributed by atoms with Crippen LogP contribution in [0.4, 0.5) is 14.9 Å². The lowest BCUT2D eigenvalue weighted by molar-refractivity contribution is 0.0675. The smallest absolute Gasteiger partial charge is 0.321 e. The number of benzene rings is 1. The van der Waals surface area contributed by atoms with Crippen molar-refractivity contribution in [2.45, 2.75) is 13.3 Å². The summed E-state index contributed by atoms with van der Waals surface area (Å²) in [6.07, 6.45) is 0.664. The van der Waals surface area contributed by atoms with Gasteiger partial charge in [0.15, 0.2) is 0 Å². The van der Waals surface area contributed by atoms with E-state index >= 15 is 0 Å². The standard InChI is InChI=1S/C16H18FN5O2S/c1-2-13-14(25-20-19-13)15(23)21-7-9-22(10-8-21)16(24)18-12-5-3-11(17)4-6-12/h3-6H,2,7-10H2,1H3,(H,18,24). The second-order valence-electron chi connectivity index (χ2n) is 5.62. The fraction of sp³-hybridized carbons (Fsp3) is 0.375. The summed E-state index contributed by atoms with van der Waals surface area (Å²) in [7, 11) is 0. The van der Waals surface area contributed by atoms with Gasteiger partial charge in [-0.3, -0.25) is 4.79 Å². The van der Waals surface area contributed by atoms with Crippen LogP contribution in [0.15, 0.2) is 24.3 Å². The van der Waals surface area contributed by atoms with E-state index in [1.807, 2.05) is 6.92 Å². The van der Waals surface area contributed by atoms with E-state index < -0.39 is 0 Å². The van der Waals surface area contributed by atoms with Gasteiger partial charge in [0.1, 0.15) is 10.7 Å². The summed E-state index contributed by atoms with van der Waals surface area (Å²) in [5.74, 6) is -0.431. The second kappa shape index (κ2) is 7.56. The number of aryl methyl sites for hydroxylation is 1. The minimum absolute atomic E-state index is 0.0783. The molecule has 0 saturated carbocycles. The molecule has 0 atom stereocenters. The van der Waals surface area contributed by atoms with Gasteiger partial charge in [-0.25, -0.2) is 9.18 Å². The molecule has 25 heavy (non-hydrogen) atoms. The van der Waals surface area contributed by atoms with E-state index in [-0.39, 0.29) is 17.8 Å². The van der Waals surface area contributed by atoms with Gasteiger partial charge in [-0.1, -0.05) is 11.4 Å². The Morgan fingerprint density at radius 2 is 1.80 bits per heavy atom. The summed E-state index contributed by atoms with van der Waals surface area (Å²) in [5, 5.41) is 6.69. The molecule has 3 rings (SSSR count). The molecule has 132 valence electrons. The molecule has 1 fully saturated rings. The topological polar surface area (TPSA) is 78.4 Å². The molecular formula is C16H18FN5O2S. The van der Waals surface area contributed by atoms with Crippen molar-refractivity contribution in [3.63, 3.8) is 0 Å². The number of hydrogen-bond acceptors (Lipinski definition) is 5. The summed E-state index contributed by atoms with van der Waals surface area (Å²) in [4.78, 5) is 28.7. The number of anilines is 1. The third-order valence-electron chi connectivity index (χ3n) is 4.03. The van der Waals surface area contributed by atoms with E-state index in [0.717, 1.165) is 11.5 Å². The third kappa shape index (κ3) is 3.93. The van der Waals surface area contributed by atoms with Gasteiger partial charge in [-0.05, 0) is 42.2 Å². The number of hydrogen-bond donors (Lipinski definition) is 1. The Hall–Kier alpha value is -2.55. The molecule has 9 heteroatoms. The number of urea groups is 1. The summed E-state index contributed by atoms with van der Waals surface area (Å²) >= 11 is 1.11. The first-order chi connectivity index (χ1) is 12.1. The lowest BCUT2D eigenvalue weighted by Gasteiger charge is -2.34. The maximum Gasteiger partial charge on any atom is 0.321 e. The Bertz CT molecular complexity index is 756. The third-order valence-corrected chi connectivity index (χ3v) is 4.79. The van der Waals surface area contributed by atoms with Gasteiger partial charge >= 0.3 is 6.03 Å². The maximum absolute atomic E-state index is 12.9. The predicted molar refractivity (Wildman–Crippen MR) is 92.2 cm³/mol. The molecule has 3 amide bonds. The zero-order valence-electron chi connectivity index (χ0n) is 13.7. The Kier molecular flexibility index (Phi) is 5.22. The zero-order valence-corrected chi connectivity index (χ0v) is 14.6. The number of piperazine rings is 1. The van der Waals surface area contributed by atoms with Crippen LogP contribution in [0, 0.1) is 5.82 Å². The van der Waals surface area contributed by atoms with Gasteiger partial charge in [-0.15, -0.1) is 5.10 Å². The van der Waals surface area contributed by atoms with E-state index in [0.29, 0.717) is 48.9 Å². The van der Waals surface area contributed by atoms with Gasteiger partial charge in [-0.2, -0.15) is 0 Å². The fourth-order valence-electron chi connectivity index (χ4n) is 2.59. The molecule has 0 aliphatic carbocycles. The van der Waals surface area contributed by atoms with Gasteiger partial charge < -0.3 is 15.1 Å². The summed E-state index contributed by atoms with van der Waals surface area (Å²) in [5.41, 5.74) is 1.25. The maximum atomic E-state index is 12.9. The quantitative estimate of drug-likeness (QED) is 0.907. The van der Waals surface area contributed by atoms with Crippen molar-refractivity contribution in [2.24, 2.45) is 0 Å². The Morgan fingerprint density at radius 1 is 1.16 bits per heavy atom. The van der Waals surface area contributed by atoms with Crippen LogP contribution >= 0.6 is 11.5 Å². The highest BCUT2D eigenvalue weighted by molar-refractivity contribution is 7.08. The monoisotopic (exact) mass is 363 g/mol. The van der Waals surface area contributed by atoms with E-state index in [9.17, 15) is 14.0 Å². The molecular weight excluding hydrogens is 345 g/mol. The molecule has 2 aromatic rings. The highest BCUT2D eigenvalue weighted by Crippen LogP contribution is 2.16. The lowest BCUT2D eigenvalue weighted by atomic mass is 10.2. The molecule has 0 unspecified atom stereocenters. The summed E-state index contributed by atoms with van der Waals surface area (Å²) < 4.78 is 16.7. The number of halogens is 1. The molecule has 1 aliphatic heterocycles. The van der Waals surface area contributed by atoms with Crippen LogP contribution in [0.2, 0.25) is 0 Å². The molecule has 0 bridgehead atoms. The lowest BCUT2D eigenvalue weighted by Crippen LogP contribution is -2.51. The van der Waals surface area contributed by atoms with Gasteiger partial charge in [0.2, 0.25) is 0 Å². The van der Waals surface area contributed by atoms with Crippen LogP contribution in [0.5, 0.6) is 0 Å². The molecule has 1 saturated heterocycles. The van der Waals surface area contributed by atoms with E-state index in [2.05, 4.69) is 14.9 Å². The molecule has 0 radical (unpaired) electrons.